The summed E-state index contributed by atoms with van der Waals surface area (Å²) in [6.45, 7) is 1.98. The third kappa shape index (κ3) is 5.08. The van der Waals surface area contributed by atoms with E-state index >= 15 is 0 Å². The first kappa shape index (κ1) is 23.0. The van der Waals surface area contributed by atoms with Crippen LogP contribution in [0.25, 0.3) is 5.69 Å². The summed E-state index contributed by atoms with van der Waals surface area (Å²) in [5.74, 6) is 1.01. The van der Waals surface area contributed by atoms with Crippen LogP contribution in [-0.4, -0.2) is 19.2 Å². The zero-order valence-corrected chi connectivity index (χ0v) is 18.6. The Morgan fingerprint density at radius 1 is 1.00 bits per heavy atom. The van der Waals surface area contributed by atoms with Gasteiger partial charge in [-0.3, -0.25) is 0 Å². The molecule has 0 spiro atoms. The van der Waals surface area contributed by atoms with Gasteiger partial charge in [0.15, 0.2) is 0 Å². The number of alkyl halides is 3. The Morgan fingerprint density at radius 3 is 2.24 bits per heavy atom. The van der Waals surface area contributed by atoms with Crippen molar-refractivity contribution in [1.29, 1.82) is 0 Å². The zero-order chi connectivity index (χ0) is 23.9. The molecule has 0 bridgehead atoms. The third-order valence-electron chi connectivity index (χ3n) is 5.26. The van der Waals surface area contributed by atoms with Gasteiger partial charge in [0.25, 0.3) is 0 Å². The second kappa shape index (κ2) is 8.62. The molecule has 1 fully saturated rings. The van der Waals surface area contributed by atoms with Crippen LogP contribution < -0.4 is 21.8 Å². The first-order valence-electron chi connectivity index (χ1n) is 10.1. The Labute approximate surface area is 190 Å². The maximum absolute atomic E-state index is 12.9. The van der Waals surface area contributed by atoms with E-state index in [1.165, 1.54) is 37.4 Å². The highest BCUT2D eigenvalue weighted by atomic mass is 32.2. The van der Waals surface area contributed by atoms with Gasteiger partial charge in [-0.15, -0.1) is 0 Å². The summed E-state index contributed by atoms with van der Waals surface area (Å²) in [6, 6.07) is 10.1. The molecular weight excluding hydrogens is 459 g/mol. The lowest BCUT2D eigenvalue weighted by Gasteiger charge is -2.14. The monoisotopic (exact) mass is 479 g/mol. The summed E-state index contributed by atoms with van der Waals surface area (Å²) in [5, 5.41) is 0. The van der Waals surface area contributed by atoms with E-state index < -0.39 is 22.6 Å². The summed E-state index contributed by atoms with van der Waals surface area (Å²) in [5.41, 5.74) is -5.58. The fourth-order valence-electron chi connectivity index (χ4n) is 3.36. The fraction of sp³-hybridized carbons (Fsp3) is 0.318. The molecule has 0 N–H and O–H groups in total. The zero-order valence-electron chi connectivity index (χ0n) is 17.8. The van der Waals surface area contributed by atoms with Crippen LogP contribution >= 0.6 is 11.8 Å². The van der Waals surface area contributed by atoms with Gasteiger partial charge in [0.05, 0.1) is 5.69 Å². The van der Waals surface area contributed by atoms with E-state index in [1.807, 2.05) is 0 Å². The van der Waals surface area contributed by atoms with Crippen LogP contribution in [0.3, 0.4) is 0 Å². The number of halogens is 3. The molecule has 11 heteroatoms. The largest absolute Gasteiger partial charge is 0.457 e. The first-order valence-corrected chi connectivity index (χ1v) is 10.9. The van der Waals surface area contributed by atoms with Crippen LogP contribution in [0.4, 0.5) is 13.2 Å². The van der Waals surface area contributed by atoms with E-state index in [2.05, 4.69) is 0 Å². The van der Waals surface area contributed by atoms with E-state index in [0.717, 1.165) is 26.5 Å². The second-order valence-electron chi connectivity index (χ2n) is 7.87. The minimum atomic E-state index is -4.37. The second-order valence-corrected chi connectivity index (χ2v) is 9.01. The van der Waals surface area contributed by atoms with Gasteiger partial charge in [-0.2, -0.15) is 13.2 Å². The molecule has 4 rings (SSSR count). The van der Waals surface area contributed by atoms with Crippen molar-refractivity contribution in [1.82, 2.24) is 13.7 Å². The Morgan fingerprint density at radius 2 is 1.67 bits per heavy atom. The highest BCUT2D eigenvalue weighted by Crippen LogP contribution is 2.37. The van der Waals surface area contributed by atoms with Crippen molar-refractivity contribution in [2.45, 2.75) is 36.7 Å². The number of thioether (sulfide) groups is 1. The Kier molecular flexibility index (Phi) is 6.00. The number of rotatable bonds is 6. The maximum Gasteiger partial charge on any atom is 0.446 e. The van der Waals surface area contributed by atoms with Gasteiger partial charge >= 0.3 is 22.6 Å². The first-order chi connectivity index (χ1) is 15.5. The van der Waals surface area contributed by atoms with Gasteiger partial charge in [-0.25, -0.2) is 28.1 Å². The molecule has 1 heterocycles. The molecule has 0 unspecified atom stereocenters. The summed E-state index contributed by atoms with van der Waals surface area (Å²) in [4.78, 5) is 38.1. The minimum absolute atomic E-state index is 0.0402. The Hall–Kier alpha value is -3.21. The third-order valence-corrected chi connectivity index (χ3v) is 6.00. The molecule has 1 aliphatic carbocycles. The number of hydrogen-bond acceptors (Lipinski definition) is 5. The van der Waals surface area contributed by atoms with Crippen LogP contribution in [0.1, 0.15) is 18.4 Å². The molecule has 2 aromatic carbocycles. The summed E-state index contributed by atoms with van der Waals surface area (Å²) in [7, 11) is 1.33. The van der Waals surface area contributed by atoms with E-state index in [1.54, 1.807) is 19.1 Å². The van der Waals surface area contributed by atoms with Gasteiger partial charge < -0.3 is 4.74 Å². The lowest BCUT2D eigenvalue weighted by atomic mass is 10.2. The quantitative estimate of drug-likeness (QED) is 0.503. The number of ether oxygens (including phenoxy) is 1. The Balaban J connectivity index is 1.63. The molecule has 0 aliphatic heterocycles. The van der Waals surface area contributed by atoms with E-state index in [4.69, 9.17) is 4.74 Å². The number of aryl methyl sites for hydroxylation is 1. The molecular formula is C22H20F3N3O4S. The van der Waals surface area contributed by atoms with Crippen molar-refractivity contribution >= 4 is 11.8 Å². The highest BCUT2D eigenvalue weighted by Gasteiger charge is 2.29. The summed E-state index contributed by atoms with van der Waals surface area (Å²) < 4.78 is 46.1. The molecule has 0 radical (unpaired) electrons. The number of benzene rings is 2. The Bertz CT molecular complexity index is 1370. The number of nitrogens with zero attached hydrogens (tertiary/aromatic N) is 3. The molecule has 0 atom stereocenters. The topological polar surface area (TPSA) is 75.2 Å². The predicted molar refractivity (Wildman–Crippen MR) is 117 cm³/mol. The molecule has 7 nitrogen and oxygen atoms in total. The lowest BCUT2D eigenvalue weighted by Crippen LogP contribution is -2.53. The molecule has 1 aromatic heterocycles. The SMILES string of the molecule is Cc1cc(-n2c(=O)n(C)c(=O)n(CC3CC3)c2=O)ccc1Oc1ccc(SC(F)(F)F)cc1. The highest BCUT2D eigenvalue weighted by molar-refractivity contribution is 8.00. The van der Waals surface area contributed by atoms with Gasteiger partial charge in [-0.1, -0.05) is 0 Å². The normalized spacial score (nSPS) is 13.8. The van der Waals surface area contributed by atoms with Crippen molar-refractivity contribution < 1.29 is 17.9 Å². The summed E-state index contributed by atoms with van der Waals surface area (Å²) >= 11 is -0.212. The molecule has 174 valence electrons. The predicted octanol–water partition coefficient (Wildman–Crippen LogP) is 3.82. The van der Waals surface area contributed by atoms with Crippen molar-refractivity contribution in [3.8, 4) is 17.2 Å². The summed E-state index contributed by atoms with van der Waals surface area (Å²) in [6.07, 6.45) is 1.88. The minimum Gasteiger partial charge on any atom is -0.457 e. The lowest BCUT2D eigenvalue weighted by molar-refractivity contribution is -0.0328. The van der Waals surface area contributed by atoms with Crippen LogP contribution in [0.2, 0.25) is 0 Å². The standard InChI is InChI=1S/C22H20F3N3O4S/c1-13-11-15(28-20(30)26(2)19(29)27(21(28)31)12-14-3-4-14)5-10-18(13)32-16-6-8-17(9-7-16)33-22(23,24)25/h5-11,14H,3-4,12H2,1-2H3. The molecule has 1 saturated carbocycles. The van der Waals surface area contributed by atoms with E-state index in [-0.39, 0.29) is 34.8 Å². The smallest absolute Gasteiger partial charge is 0.446 e. The van der Waals surface area contributed by atoms with Crippen LogP contribution in [0.5, 0.6) is 11.5 Å². The average molecular weight is 479 g/mol. The number of hydrogen-bond donors (Lipinski definition) is 0. The van der Waals surface area contributed by atoms with Crippen molar-refractivity contribution in [3.05, 3.63) is 79.5 Å². The van der Waals surface area contributed by atoms with Gasteiger partial charge in [-0.05, 0) is 85.5 Å². The van der Waals surface area contributed by atoms with Crippen molar-refractivity contribution in [2.75, 3.05) is 0 Å². The van der Waals surface area contributed by atoms with E-state index in [0.29, 0.717) is 17.1 Å². The average Bonchev–Trinajstić information content (AvgIpc) is 3.56. The molecule has 0 amide bonds. The van der Waals surface area contributed by atoms with Crippen LogP contribution in [0.15, 0.2) is 61.7 Å². The molecule has 3 aromatic rings. The van der Waals surface area contributed by atoms with E-state index in [9.17, 15) is 27.6 Å². The van der Waals surface area contributed by atoms with Crippen molar-refractivity contribution in [3.63, 3.8) is 0 Å². The van der Waals surface area contributed by atoms with Gasteiger partial charge in [0, 0.05) is 18.5 Å². The van der Waals surface area contributed by atoms with Gasteiger partial charge in [0.1, 0.15) is 11.5 Å². The molecule has 1 aliphatic rings. The molecule has 33 heavy (non-hydrogen) atoms. The van der Waals surface area contributed by atoms with Crippen LogP contribution in [0, 0.1) is 12.8 Å². The van der Waals surface area contributed by atoms with Gasteiger partial charge in [0.2, 0.25) is 0 Å². The van der Waals surface area contributed by atoms with Crippen LogP contribution in [-0.2, 0) is 13.6 Å². The number of aromatic nitrogens is 3. The maximum atomic E-state index is 12.9. The fourth-order valence-corrected chi connectivity index (χ4v) is 3.90. The molecule has 0 saturated heterocycles. The van der Waals surface area contributed by atoms with Crippen molar-refractivity contribution in [2.24, 2.45) is 13.0 Å².